The smallest absolute Gasteiger partial charge is 0.307 e. The topological polar surface area (TPSA) is 92.8 Å². The number of rotatable bonds is 6. The molecule has 24 heavy (non-hydrogen) atoms. The third kappa shape index (κ3) is 3.29. The zero-order valence-corrected chi connectivity index (χ0v) is 13.9. The number of methoxy groups -OCH3 is 1. The second-order valence-electron chi connectivity index (χ2n) is 5.60. The molecular weight excluding hydrogens is 312 g/mol. The van der Waals surface area contributed by atoms with Crippen LogP contribution in [0.2, 0.25) is 0 Å². The molecule has 0 bridgehead atoms. The van der Waals surface area contributed by atoms with Crippen molar-refractivity contribution in [1.82, 2.24) is 10.2 Å². The van der Waals surface area contributed by atoms with E-state index in [1.54, 1.807) is 24.3 Å². The van der Waals surface area contributed by atoms with Crippen molar-refractivity contribution in [3.8, 4) is 0 Å². The van der Waals surface area contributed by atoms with Crippen LogP contribution in [-0.2, 0) is 14.3 Å². The summed E-state index contributed by atoms with van der Waals surface area (Å²) in [5, 5.41) is 2.69. The first kappa shape index (κ1) is 17.7. The quantitative estimate of drug-likeness (QED) is 0.623. The molecule has 0 aromatic heterocycles. The molecule has 1 heterocycles. The average molecular weight is 332 g/mol. The summed E-state index contributed by atoms with van der Waals surface area (Å²) in [7, 11) is 1.28. The number of esters is 1. The van der Waals surface area contributed by atoms with E-state index in [0.29, 0.717) is 17.5 Å². The number of carbonyl (C=O) groups is 4. The van der Waals surface area contributed by atoms with Crippen LogP contribution >= 0.6 is 0 Å². The Kier molecular flexibility index (Phi) is 5.33. The van der Waals surface area contributed by atoms with Crippen molar-refractivity contribution < 1.29 is 23.9 Å². The minimum Gasteiger partial charge on any atom is -0.469 e. The van der Waals surface area contributed by atoms with Crippen LogP contribution in [0.25, 0.3) is 0 Å². The molecule has 1 aromatic carbocycles. The summed E-state index contributed by atoms with van der Waals surface area (Å²) in [4.78, 5) is 49.5. The number of imide groups is 1. The van der Waals surface area contributed by atoms with Gasteiger partial charge in [-0.25, -0.2) is 0 Å². The fourth-order valence-corrected chi connectivity index (χ4v) is 2.58. The minimum absolute atomic E-state index is 0.0353. The Labute approximate surface area is 140 Å². The summed E-state index contributed by atoms with van der Waals surface area (Å²) in [6.07, 6.45) is 0.559. The number of fused-ring (bicyclic) bond motifs is 1. The predicted octanol–water partition coefficient (Wildman–Crippen LogP) is 1.13. The van der Waals surface area contributed by atoms with Gasteiger partial charge >= 0.3 is 5.97 Å². The molecule has 7 nitrogen and oxygen atoms in total. The maximum atomic E-state index is 12.4. The summed E-state index contributed by atoms with van der Waals surface area (Å²) >= 11 is 0. The van der Waals surface area contributed by atoms with Gasteiger partial charge in [0.25, 0.3) is 11.8 Å². The van der Waals surface area contributed by atoms with Crippen LogP contribution in [0.15, 0.2) is 24.3 Å². The molecule has 1 aliphatic rings. The van der Waals surface area contributed by atoms with Gasteiger partial charge in [-0.1, -0.05) is 19.1 Å². The highest BCUT2D eigenvalue weighted by Gasteiger charge is 2.40. The van der Waals surface area contributed by atoms with Crippen LogP contribution in [0.5, 0.6) is 0 Å². The van der Waals surface area contributed by atoms with Crippen molar-refractivity contribution in [2.24, 2.45) is 0 Å². The number of carbonyl (C=O) groups excluding carboxylic acids is 4. The summed E-state index contributed by atoms with van der Waals surface area (Å²) < 4.78 is 4.59. The van der Waals surface area contributed by atoms with Gasteiger partial charge in [0.1, 0.15) is 6.04 Å². The van der Waals surface area contributed by atoms with Crippen LogP contribution in [0, 0.1) is 0 Å². The summed E-state index contributed by atoms with van der Waals surface area (Å²) in [5.41, 5.74) is 0.590. The molecule has 0 spiro atoms. The molecule has 1 aliphatic heterocycles. The average Bonchev–Trinajstić information content (AvgIpc) is 2.84. The van der Waals surface area contributed by atoms with Gasteiger partial charge < -0.3 is 10.1 Å². The Morgan fingerprint density at radius 1 is 1.17 bits per heavy atom. The lowest BCUT2D eigenvalue weighted by Crippen LogP contribution is -2.50. The fourth-order valence-electron chi connectivity index (χ4n) is 2.58. The maximum absolute atomic E-state index is 12.4. The normalized spacial score (nSPS) is 15.7. The third-order valence-corrected chi connectivity index (χ3v) is 4.07. The first-order valence-electron chi connectivity index (χ1n) is 7.74. The van der Waals surface area contributed by atoms with Gasteiger partial charge in [0.2, 0.25) is 5.91 Å². The van der Waals surface area contributed by atoms with Crippen molar-refractivity contribution in [3.63, 3.8) is 0 Å². The minimum atomic E-state index is -0.968. The van der Waals surface area contributed by atoms with Crippen molar-refractivity contribution in [2.45, 2.75) is 38.8 Å². The zero-order valence-electron chi connectivity index (χ0n) is 13.9. The molecule has 0 fully saturated rings. The molecule has 0 radical (unpaired) electrons. The van der Waals surface area contributed by atoms with Gasteiger partial charge in [0.05, 0.1) is 24.7 Å². The highest BCUT2D eigenvalue weighted by atomic mass is 16.5. The molecule has 7 heteroatoms. The number of hydrogen-bond acceptors (Lipinski definition) is 5. The zero-order chi connectivity index (χ0) is 17.9. The Bertz CT molecular complexity index is 650. The van der Waals surface area contributed by atoms with Gasteiger partial charge in [0.15, 0.2) is 0 Å². The van der Waals surface area contributed by atoms with Crippen molar-refractivity contribution in [1.29, 1.82) is 0 Å². The van der Waals surface area contributed by atoms with Gasteiger partial charge in [-0.15, -0.1) is 0 Å². The molecule has 2 atom stereocenters. The Morgan fingerprint density at radius 2 is 1.71 bits per heavy atom. The number of hydrogen-bond donors (Lipinski definition) is 1. The maximum Gasteiger partial charge on any atom is 0.307 e. The fraction of sp³-hybridized carbons (Fsp3) is 0.412. The molecule has 1 N–H and O–H groups in total. The lowest BCUT2D eigenvalue weighted by Gasteiger charge is -2.24. The van der Waals surface area contributed by atoms with Gasteiger partial charge in [-0.05, 0) is 25.5 Å². The van der Waals surface area contributed by atoms with Crippen molar-refractivity contribution >= 4 is 23.7 Å². The third-order valence-electron chi connectivity index (χ3n) is 4.07. The van der Waals surface area contributed by atoms with E-state index in [0.717, 1.165) is 4.90 Å². The molecule has 0 saturated carbocycles. The van der Waals surface area contributed by atoms with Crippen LogP contribution < -0.4 is 5.32 Å². The summed E-state index contributed by atoms with van der Waals surface area (Å²) in [5.74, 6) is -1.89. The largest absolute Gasteiger partial charge is 0.469 e. The standard InChI is InChI=1S/C17H20N2O5/c1-4-11(9-14(20)24-3)18-15(21)10(2)19-16(22)12-7-5-6-8-13(12)17(19)23/h5-8,10-11H,4,9H2,1-3H3,(H,18,21). The molecule has 0 aliphatic carbocycles. The van der Waals surface area contributed by atoms with E-state index in [4.69, 9.17) is 0 Å². The van der Waals surface area contributed by atoms with Gasteiger partial charge in [-0.2, -0.15) is 0 Å². The SMILES string of the molecule is CCC(CC(=O)OC)NC(=O)C(C)N1C(=O)c2ccccc2C1=O. The molecule has 0 saturated heterocycles. The Balaban J connectivity index is 2.10. The molecule has 3 amide bonds. The number of amides is 3. The highest BCUT2D eigenvalue weighted by molar-refractivity contribution is 6.22. The summed E-state index contributed by atoms with van der Waals surface area (Å²) in [6.45, 7) is 3.31. The van der Waals surface area contributed by atoms with E-state index in [9.17, 15) is 19.2 Å². The first-order chi connectivity index (χ1) is 11.4. The molecular formula is C17H20N2O5. The molecule has 2 rings (SSSR count). The van der Waals surface area contributed by atoms with E-state index < -0.39 is 35.8 Å². The van der Waals surface area contributed by atoms with E-state index in [1.807, 2.05) is 6.92 Å². The lowest BCUT2D eigenvalue weighted by molar-refractivity contribution is -0.141. The number of ether oxygens (including phenoxy) is 1. The number of benzene rings is 1. The lowest BCUT2D eigenvalue weighted by atomic mass is 10.1. The van der Waals surface area contributed by atoms with Crippen LogP contribution in [0.3, 0.4) is 0 Å². The molecule has 1 aromatic rings. The number of nitrogens with zero attached hydrogens (tertiary/aromatic N) is 1. The second kappa shape index (κ2) is 7.25. The first-order valence-corrected chi connectivity index (χ1v) is 7.74. The second-order valence-corrected chi connectivity index (χ2v) is 5.60. The molecule has 128 valence electrons. The van der Waals surface area contributed by atoms with Crippen molar-refractivity contribution in [3.05, 3.63) is 35.4 Å². The van der Waals surface area contributed by atoms with E-state index >= 15 is 0 Å². The van der Waals surface area contributed by atoms with Crippen LogP contribution in [0.1, 0.15) is 47.4 Å². The van der Waals surface area contributed by atoms with E-state index in [1.165, 1.54) is 14.0 Å². The number of nitrogens with one attached hydrogen (secondary N) is 1. The predicted molar refractivity (Wildman–Crippen MR) is 85.3 cm³/mol. The summed E-state index contributed by atoms with van der Waals surface area (Å²) in [6, 6.07) is 5.08. The van der Waals surface area contributed by atoms with E-state index in [2.05, 4.69) is 10.1 Å². The van der Waals surface area contributed by atoms with Crippen LogP contribution in [0.4, 0.5) is 0 Å². The Hall–Kier alpha value is -2.70. The van der Waals surface area contributed by atoms with Gasteiger partial charge in [-0.3, -0.25) is 24.1 Å². The van der Waals surface area contributed by atoms with Crippen molar-refractivity contribution in [2.75, 3.05) is 7.11 Å². The monoisotopic (exact) mass is 332 g/mol. The van der Waals surface area contributed by atoms with Crippen LogP contribution in [-0.4, -0.2) is 47.8 Å². The highest BCUT2D eigenvalue weighted by Crippen LogP contribution is 2.24. The van der Waals surface area contributed by atoms with Gasteiger partial charge in [0, 0.05) is 6.04 Å². The Morgan fingerprint density at radius 3 is 2.17 bits per heavy atom. The van der Waals surface area contributed by atoms with E-state index in [-0.39, 0.29) is 6.42 Å². The molecule has 2 unspecified atom stereocenters.